The molecule has 1 unspecified atom stereocenters. The second-order valence-electron chi connectivity index (χ2n) is 5.04. The van der Waals surface area contributed by atoms with Gasteiger partial charge in [0.25, 0.3) is 0 Å². The highest BCUT2D eigenvalue weighted by Crippen LogP contribution is 2.23. The highest BCUT2D eigenvalue weighted by atomic mass is 19.1. The number of halogens is 1. The first kappa shape index (κ1) is 16.8. The number of nitrogens with one attached hydrogen (secondary N) is 2. The van der Waals surface area contributed by atoms with Gasteiger partial charge in [0.2, 0.25) is 0 Å². The van der Waals surface area contributed by atoms with Gasteiger partial charge in [0.05, 0.1) is 12.6 Å². The van der Waals surface area contributed by atoms with Gasteiger partial charge in [-0.3, -0.25) is 0 Å². The predicted octanol–water partition coefficient (Wildman–Crippen LogP) is 3.77. The molecule has 1 atom stereocenters. The summed E-state index contributed by atoms with van der Waals surface area (Å²) in [4.78, 5) is 11.8. The van der Waals surface area contributed by atoms with Crippen LogP contribution >= 0.6 is 0 Å². The fourth-order valence-corrected chi connectivity index (χ4v) is 1.96. The largest absolute Gasteiger partial charge is 0.457 e. The summed E-state index contributed by atoms with van der Waals surface area (Å²) in [5, 5.41) is 5.45. The van der Waals surface area contributed by atoms with Crippen LogP contribution in [-0.4, -0.2) is 25.8 Å². The Morgan fingerprint density at radius 3 is 2.57 bits per heavy atom. The molecule has 122 valence electrons. The van der Waals surface area contributed by atoms with Crippen molar-refractivity contribution in [3.05, 3.63) is 54.3 Å². The standard InChI is InChI=1S/C17H19FN2O3/c1-12(11-22-2)19-17(21)20-14-6-8-15(9-7-14)23-16-5-3-4-13(18)10-16/h3-10,12H,11H2,1-2H3,(H2,19,20,21). The Morgan fingerprint density at radius 1 is 1.17 bits per heavy atom. The normalized spacial score (nSPS) is 11.6. The Kier molecular flexibility index (Phi) is 5.94. The van der Waals surface area contributed by atoms with Gasteiger partial charge in [0.1, 0.15) is 17.3 Å². The molecular weight excluding hydrogens is 299 g/mol. The average Bonchev–Trinajstić information content (AvgIpc) is 2.49. The Bertz CT molecular complexity index is 647. The van der Waals surface area contributed by atoms with Crippen LogP contribution in [0.3, 0.4) is 0 Å². The molecule has 0 saturated carbocycles. The van der Waals surface area contributed by atoms with Crippen molar-refractivity contribution in [2.24, 2.45) is 0 Å². The van der Waals surface area contributed by atoms with E-state index in [1.807, 2.05) is 6.92 Å². The van der Waals surface area contributed by atoms with Crippen LogP contribution in [0.25, 0.3) is 0 Å². The Morgan fingerprint density at radius 2 is 1.91 bits per heavy atom. The zero-order valence-corrected chi connectivity index (χ0v) is 13.0. The van der Waals surface area contributed by atoms with Crippen molar-refractivity contribution >= 4 is 11.7 Å². The van der Waals surface area contributed by atoms with Crippen molar-refractivity contribution in [1.29, 1.82) is 0 Å². The van der Waals surface area contributed by atoms with E-state index in [9.17, 15) is 9.18 Å². The summed E-state index contributed by atoms with van der Waals surface area (Å²) < 4.78 is 23.6. The van der Waals surface area contributed by atoms with E-state index >= 15 is 0 Å². The van der Waals surface area contributed by atoms with E-state index in [0.29, 0.717) is 23.8 Å². The highest BCUT2D eigenvalue weighted by Gasteiger charge is 2.07. The molecular formula is C17H19FN2O3. The molecule has 2 N–H and O–H groups in total. The van der Waals surface area contributed by atoms with E-state index in [2.05, 4.69) is 10.6 Å². The van der Waals surface area contributed by atoms with Gasteiger partial charge in [0, 0.05) is 18.9 Å². The summed E-state index contributed by atoms with van der Waals surface area (Å²) in [5.74, 6) is 0.605. The number of carbonyl (C=O) groups excluding carboxylic acids is 1. The summed E-state index contributed by atoms with van der Waals surface area (Å²) in [6.07, 6.45) is 0. The predicted molar refractivity (Wildman–Crippen MR) is 86.4 cm³/mol. The first-order chi connectivity index (χ1) is 11.1. The Hall–Kier alpha value is -2.60. The second kappa shape index (κ2) is 8.14. The molecule has 0 aliphatic carbocycles. The molecule has 0 radical (unpaired) electrons. The van der Waals surface area contributed by atoms with Crippen LogP contribution in [-0.2, 0) is 4.74 Å². The minimum Gasteiger partial charge on any atom is -0.457 e. The monoisotopic (exact) mass is 318 g/mol. The number of urea groups is 1. The van der Waals surface area contributed by atoms with Gasteiger partial charge in [-0.15, -0.1) is 0 Å². The number of amides is 2. The summed E-state index contributed by atoms with van der Waals surface area (Å²) >= 11 is 0. The van der Waals surface area contributed by atoms with Crippen LogP contribution < -0.4 is 15.4 Å². The van der Waals surface area contributed by atoms with Gasteiger partial charge < -0.3 is 20.1 Å². The van der Waals surface area contributed by atoms with Crippen molar-refractivity contribution < 1.29 is 18.7 Å². The number of carbonyl (C=O) groups is 1. The molecule has 0 fully saturated rings. The number of hydrogen-bond acceptors (Lipinski definition) is 3. The van der Waals surface area contributed by atoms with Crippen molar-refractivity contribution in [3.8, 4) is 11.5 Å². The number of methoxy groups -OCH3 is 1. The van der Waals surface area contributed by atoms with Crippen LogP contribution in [0.1, 0.15) is 6.92 Å². The quantitative estimate of drug-likeness (QED) is 0.852. The summed E-state index contributed by atoms with van der Waals surface area (Å²) in [6.45, 7) is 2.28. The zero-order chi connectivity index (χ0) is 16.7. The lowest BCUT2D eigenvalue weighted by molar-refractivity contribution is 0.173. The molecule has 23 heavy (non-hydrogen) atoms. The third-order valence-corrected chi connectivity index (χ3v) is 2.94. The maximum absolute atomic E-state index is 13.1. The fraction of sp³-hybridized carbons (Fsp3) is 0.235. The van der Waals surface area contributed by atoms with E-state index in [1.54, 1.807) is 43.5 Å². The lowest BCUT2D eigenvalue weighted by Crippen LogP contribution is -2.38. The van der Waals surface area contributed by atoms with Crippen LogP contribution in [0.15, 0.2) is 48.5 Å². The van der Waals surface area contributed by atoms with E-state index in [-0.39, 0.29) is 17.9 Å². The Balaban J connectivity index is 1.90. The Labute approximate surface area is 134 Å². The minimum absolute atomic E-state index is 0.0874. The van der Waals surface area contributed by atoms with Gasteiger partial charge in [-0.25, -0.2) is 9.18 Å². The summed E-state index contributed by atoms with van der Waals surface area (Å²) in [6, 6.07) is 12.3. The van der Waals surface area contributed by atoms with Gasteiger partial charge >= 0.3 is 6.03 Å². The van der Waals surface area contributed by atoms with Crippen LogP contribution in [0.5, 0.6) is 11.5 Å². The number of ether oxygens (including phenoxy) is 2. The first-order valence-corrected chi connectivity index (χ1v) is 7.17. The van der Waals surface area contributed by atoms with Crippen molar-refractivity contribution in [1.82, 2.24) is 5.32 Å². The molecule has 0 heterocycles. The van der Waals surface area contributed by atoms with Crippen molar-refractivity contribution in [2.45, 2.75) is 13.0 Å². The maximum Gasteiger partial charge on any atom is 0.319 e. The van der Waals surface area contributed by atoms with Gasteiger partial charge in [-0.1, -0.05) is 6.07 Å². The van der Waals surface area contributed by atoms with Crippen molar-refractivity contribution in [3.63, 3.8) is 0 Å². The van der Waals surface area contributed by atoms with E-state index < -0.39 is 0 Å². The molecule has 2 amide bonds. The van der Waals surface area contributed by atoms with Gasteiger partial charge in [-0.2, -0.15) is 0 Å². The zero-order valence-electron chi connectivity index (χ0n) is 13.0. The second-order valence-corrected chi connectivity index (χ2v) is 5.04. The van der Waals surface area contributed by atoms with E-state index in [0.717, 1.165) is 0 Å². The molecule has 0 aliphatic rings. The SMILES string of the molecule is COCC(C)NC(=O)Nc1ccc(Oc2cccc(F)c2)cc1. The smallest absolute Gasteiger partial charge is 0.319 e. The molecule has 2 rings (SSSR count). The maximum atomic E-state index is 13.1. The number of rotatable bonds is 6. The van der Waals surface area contributed by atoms with E-state index in [1.165, 1.54) is 12.1 Å². The minimum atomic E-state index is -0.359. The topological polar surface area (TPSA) is 59.6 Å². The fourth-order valence-electron chi connectivity index (χ4n) is 1.96. The van der Waals surface area contributed by atoms with Gasteiger partial charge in [-0.05, 0) is 43.3 Å². The van der Waals surface area contributed by atoms with Crippen molar-refractivity contribution in [2.75, 3.05) is 19.0 Å². The molecule has 0 spiro atoms. The van der Waals surface area contributed by atoms with Crippen LogP contribution in [0.4, 0.5) is 14.9 Å². The molecule has 5 nitrogen and oxygen atoms in total. The highest BCUT2D eigenvalue weighted by molar-refractivity contribution is 5.89. The first-order valence-electron chi connectivity index (χ1n) is 7.17. The lowest BCUT2D eigenvalue weighted by Gasteiger charge is -2.14. The molecule has 6 heteroatoms. The lowest BCUT2D eigenvalue weighted by atomic mass is 10.3. The molecule has 0 aromatic heterocycles. The molecule has 0 aliphatic heterocycles. The molecule has 2 aromatic rings. The molecule has 0 bridgehead atoms. The summed E-state index contributed by atoms with van der Waals surface area (Å²) in [7, 11) is 1.58. The van der Waals surface area contributed by atoms with Crippen LogP contribution in [0.2, 0.25) is 0 Å². The van der Waals surface area contributed by atoms with Crippen LogP contribution in [0, 0.1) is 5.82 Å². The number of anilines is 1. The molecule has 0 saturated heterocycles. The average molecular weight is 318 g/mol. The van der Waals surface area contributed by atoms with E-state index in [4.69, 9.17) is 9.47 Å². The number of hydrogen-bond donors (Lipinski definition) is 2. The van der Waals surface area contributed by atoms with Gasteiger partial charge in [0.15, 0.2) is 0 Å². The summed E-state index contributed by atoms with van der Waals surface area (Å²) in [5.41, 5.74) is 0.624. The molecule has 2 aromatic carbocycles. The third kappa shape index (κ3) is 5.60. The number of benzene rings is 2. The third-order valence-electron chi connectivity index (χ3n) is 2.94.